The van der Waals surface area contributed by atoms with Crippen LogP contribution >= 0.6 is 23.2 Å². The molecule has 1 saturated carbocycles. The second-order valence-corrected chi connectivity index (χ2v) is 5.63. The maximum Gasteiger partial charge on any atom is 0.142 e. The summed E-state index contributed by atoms with van der Waals surface area (Å²) in [6.07, 6.45) is 3.11. The van der Waals surface area contributed by atoms with Crippen LogP contribution in [0.3, 0.4) is 0 Å². The van der Waals surface area contributed by atoms with E-state index in [9.17, 15) is 4.39 Å². The molecule has 0 heterocycles. The average Bonchev–Trinajstić information content (AvgIpc) is 2.55. The molecule has 3 unspecified atom stereocenters. The van der Waals surface area contributed by atoms with Gasteiger partial charge in [0, 0.05) is 5.38 Å². The summed E-state index contributed by atoms with van der Waals surface area (Å²) >= 11 is 11.8. The van der Waals surface area contributed by atoms with Crippen molar-refractivity contribution in [1.82, 2.24) is 0 Å². The Morgan fingerprint density at radius 2 is 2.12 bits per heavy atom. The molecule has 0 aliphatic heterocycles. The van der Waals surface area contributed by atoms with Crippen LogP contribution in [0.25, 0.3) is 0 Å². The molecule has 3 heteroatoms. The predicted octanol–water partition coefficient (Wildman–Crippen LogP) is 4.68. The molecule has 0 amide bonds. The van der Waals surface area contributed by atoms with Crippen LogP contribution in [0.15, 0.2) is 18.2 Å². The number of hydrogen-bond donors (Lipinski definition) is 0. The van der Waals surface area contributed by atoms with E-state index >= 15 is 0 Å². The van der Waals surface area contributed by atoms with Crippen molar-refractivity contribution in [1.29, 1.82) is 0 Å². The largest absolute Gasteiger partial charge is 0.205 e. The zero-order valence-corrected chi connectivity index (χ0v) is 10.7. The number of hydrogen-bond acceptors (Lipinski definition) is 0. The van der Waals surface area contributed by atoms with Gasteiger partial charge >= 0.3 is 0 Å². The lowest BCUT2D eigenvalue weighted by molar-refractivity contribution is 0.419. The van der Waals surface area contributed by atoms with Gasteiger partial charge in [-0.2, -0.15) is 0 Å². The Morgan fingerprint density at radius 3 is 2.69 bits per heavy atom. The van der Waals surface area contributed by atoms with Crippen molar-refractivity contribution < 1.29 is 4.39 Å². The lowest BCUT2D eigenvalue weighted by Gasteiger charge is -2.17. The van der Waals surface area contributed by atoms with Gasteiger partial charge in [-0.05, 0) is 48.8 Å². The van der Waals surface area contributed by atoms with Gasteiger partial charge in [0.15, 0.2) is 0 Å². The van der Waals surface area contributed by atoms with Crippen LogP contribution in [-0.2, 0) is 6.42 Å². The van der Waals surface area contributed by atoms with Crippen molar-refractivity contribution in [3.63, 3.8) is 0 Å². The molecule has 0 bridgehead atoms. The third-order valence-corrected chi connectivity index (χ3v) is 4.53. The summed E-state index contributed by atoms with van der Waals surface area (Å²) in [6, 6.07) is 5.07. The molecule has 1 aliphatic carbocycles. The number of benzene rings is 1. The number of halogens is 3. The second kappa shape index (κ2) is 4.93. The van der Waals surface area contributed by atoms with Crippen molar-refractivity contribution in [3.8, 4) is 0 Å². The van der Waals surface area contributed by atoms with E-state index in [0.717, 1.165) is 24.8 Å². The Balaban J connectivity index is 2.07. The van der Waals surface area contributed by atoms with Crippen molar-refractivity contribution in [3.05, 3.63) is 34.6 Å². The molecule has 1 fully saturated rings. The van der Waals surface area contributed by atoms with Crippen molar-refractivity contribution in [2.24, 2.45) is 11.8 Å². The Hall–Kier alpha value is -0.270. The lowest BCUT2D eigenvalue weighted by Crippen LogP contribution is -2.13. The van der Waals surface area contributed by atoms with Gasteiger partial charge in [-0.3, -0.25) is 0 Å². The summed E-state index contributed by atoms with van der Waals surface area (Å²) in [5, 5.41) is 0.473. The van der Waals surface area contributed by atoms with Crippen LogP contribution in [0.4, 0.5) is 4.39 Å². The van der Waals surface area contributed by atoms with E-state index in [-0.39, 0.29) is 16.2 Å². The predicted molar refractivity (Wildman–Crippen MR) is 66.6 cm³/mol. The van der Waals surface area contributed by atoms with Gasteiger partial charge in [-0.1, -0.05) is 24.6 Å². The van der Waals surface area contributed by atoms with Crippen molar-refractivity contribution >= 4 is 23.2 Å². The first-order chi connectivity index (χ1) is 7.58. The van der Waals surface area contributed by atoms with E-state index in [1.807, 2.05) is 6.07 Å². The summed E-state index contributed by atoms with van der Waals surface area (Å²) in [5.41, 5.74) is 1.02. The first kappa shape index (κ1) is 12.2. The molecule has 88 valence electrons. The zero-order valence-electron chi connectivity index (χ0n) is 9.22. The SMILES string of the molecule is CC1C(Cl)CCC1Cc1ccc(Cl)c(F)c1. The third-order valence-electron chi connectivity index (χ3n) is 3.61. The lowest BCUT2D eigenvalue weighted by atomic mass is 9.91. The summed E-state index contributed by atoms with van der Waals surface area (Å²) < 4.78 is 13.3. The average molecular weight is 261 g/mol. The minimum atomic E-state index is -0.327. The Kier molecular flexibility index (Phi) is 3.76. The highest BCUT2D eigenvalue weighted by molar-refractivity contribution is 6.30. The molecule has 0 aromatic heterocycles. The maximum atomic E-state index is 13.3. The minimum Gasteiger partial charge on any atom is -0.205 e. The topological polar surface area (TPSA) is 0 Å². The van der Waals surface area contributed by atoms with E-state index in [4.69, 9.17) is 23.2 Å². The fourth-order valence-corrected chi connectivity index (χ4v) is 2.90. The summed E-state index contributed by atoms with van der Waals surface area (Å²) in [4.78, 5) is 0. The molecule has 0 nitrogen and oxygen atoms in total. The molecule has 1 aromatic rings. The van der Waals surface area contributed by atoms with Crippen LogP contribution < -0.4 is 0 Å². The first-order valence-electron chi connectivity index (χ1n) is 5.66. The molecule has 16 heavy (non-hydrogen) atoms. The monoisotopic (exact) mass is 260 g/mol. The molecular formula is C13H15Cl2F. The van der Waals surface area contributed by atoms with Crippen molar-refractivity contribution in [2.45, 2.75) is 31.6 Å². The number of alkyl halides is 1. The molecule has 1 aliphatic rings. The quantitative estimate of drug-likeness (QED) is 0.678. The Morgan fingerprint density at radius 1 is 1.38 bits per heavy atom. The molecule has 0 N–H and O–H groups in total. The van der Waals surface area contributed by atoms with Gasteiger partial charge in [0.2, 0.25) is 0 Å². The highest BCUT2D eigenvalue weighted by Crippen LogP contribution is 2.37. The van der Waals surface area contributed by atoms with Crippen molar-refractivity contribution in [2.75, 3.05) is 0 Å². The van der Waals surface area contributed by atoms with E-state index in [1.54, 1.807) is 6.07 Å². The fourth-order valence-electron chi connectivity index (χ4n) is 2.45. The molecule has 3 atom stereocenters. The van der Waals surface area contributed by atoms with Gasteiger partial charge in [0.25, 0.3) is 0 Å². The molecule has 0 radical (unpaired) electrons. The fraction of sp³-hybridized carbons (Fsp3) is 0.538. The van der Waals surface area contributed by atoms with Crippen LogP contribution in [0.2, 0.25) is 5.02 Å². The van der Waals surface area contributed by atoms with Crippen LogP contribution in [-0.4, -0.2) is 5.38 Å². The summed E-state index contributed by atoms with van der Waals surface area (Å²) in [6.45, 7) is 2.18. The van der Waals surface area contributed by atoms with Crippen LogP contribution in [0, 0.1) is 17.7 Å². The minimum absolute atomic E-state index is 0.193. The highest BCUT2D eigenvalue weighted by atomic mass is 35.5. The third kappa shape index (κ3) is 2.52. The van der Waals surface area contributed by atoms with Crippen LogP contribution in [0.1, 0.15) is 25.3 Å². The molecular weight excluding hydrogens is 246 g/mol. The molecule has 2 rings (SSSR count). The highest BCUT2D eigenvalue weighted by Gasteiger charge is 2.31. The smallest absolute Gasteiger partial charge is 0.142 e. The maximum absolute atomic E-state index is 13.3. The normalized spacial score (nSPS) is 29.6. The second-order valence-electron chi connectivity index (χ2n) is 4.67. The van der Waals surface area contributed by atoms with Gasteiger partial charge in [-0.25, -0.2) is 4.39 Å². The summed E-state index contributed by atoms with van der Waals surface area (Å²) in [5.74, 6) is 0.760. The van der Waals surface area contributed by atoms with E-state index in [2.05, 4.69) is 6.92 Å². The molecule has 0 spiro atoms. The van der Waals surface area contributed by atoms with Gasteiger partial charge in [0.1, 0.15) is 5.82 Å². The first-order valence-corrected chi connectivity index (χ1v) is 6.47. The van der Waals surface area contributed by atoms with E-state index < -0.39 is 0 Å². The Bertz CT molecular complexity index is 378. The Labute approximate surface area is 106 Å². The molecule has 1 aromatic carbocycles. The van der Waals surface area contributed by atoms with Crippen LogP contribution in [0.5, 0.6) is 0 Å². The standard InChI is InChI=1S/C13H15Cl2F/c1-8-10(3-5-11(8)14)6-9-2-4-12(15)13(16)7-9/h2,4,7-8,10-11H,3,5-6H2,1H3. The van der Waals surface area contributed by atoms with Gasteiger partial charge < -0.3 is 0 Å². The zero-order chi connectivity index (χ0) is 11.7. The summed E-state index contributed by atoms with van der Waals surface area (Å²) in [7, 11) is 0. The number of rotatable bonds is 2. The van der Waals surface area contributed by atoms with E-state index in [1.165, 1.54) is 6.07 Å². The van der Waals surface area contributed by atoms with Gasteiger partial charge in [-0.15, -0.1) is 11.6 Å². The van der Waals surface area contributed by atoms with E-state index in [0.29, 0.717) is 11.8 Å². The van der Waals surface area contributed by atoms with Gasteiger partial charge in [0.05, 0.1) is 5.02 Å². The molecule has 0 saturated heterocycles.